The Bertz CT molecular complexity index is 597. The van der Waals surface area contributed by atoms with E-state index in [9.17, 15) is 8.42 Å². The highest BCUT2D eigenvalue weighted by Crippen LogP contribution is 2.23. The number of hydrogen-bond acceptors (Lipinski definition) is 4. The second-order valence-corrected chi connectivity index (χ2v) is 8.55. The van der Waals surface area contributed by atoms with Crippen LogP contribution >= 0.6 is 24.0 Å². The maximum absolute atomic E-state index is 12.0. The second kappa shape index (κ2) is 7.67. The van der Waals surface area contributed by atoms with E-state index in [2.05, 4.69) is 10.3 Å². The van der Waals surface area contributed by atoms with Gasteiger partial charge in [-0.2, -0.15) is 0 Å². The Morgan fingerprint density at radius 2 is 2.23 bits per heavy atom. The normalized spacial score (nSPS) is 20.3. The Morgan fingerprint density at radius 3 is 2.77 bits per heavy atom. The highest BCUT2D eigenvalue weighted by molar-refractivity contribution is 14.0. The lowest BCUT2D eigenvalue weighted by Crippen LogP contribution is -2.57. The SMILES string of the molecule is CN=C(NCCc1ccco1)N1CCS(=O)(=O)C(C)(C)C1.I. The fourth-order valence-corrected chi connectivity index (χ4v) is 3.77. The molecule has 0 saturated carbocycles. The molecule has 1 fully saturated rings. The molecule has 6 nitrogen and oxygen atoms in total. The van der Waals surface area contributed by atoms with Crippen LogP contribution in [0.15, 0.2) is 27.8 Å². The molecule has 1 aliphatic rings. The van der Waals surface area contributed by atoms with Crippen molar-refractivity contribution in [2.45, 2.75) is 25.0 Å². The van der Waals surface area contributed by atoms with Gasteiger partial charge in [-0.3, -0.25) is 4.99 Å². The molecule has 22 heavy (non-hydrogen) atoms. The first-order valence-electron chi connectivity index (χ1n) is 7.06. The fourth-order valence-electron chi connectivity index (χ4n) is 2.41. The van der Waals surface area contributed by atoms with Gasteiger partial charge in [-0.1, -0.05) is 0 Å². The van der Waals surface area contributed by atoms with Crippen LogP contribution in [0.5, 0.6) is 0 Å². The molecule has 1 aromatic rings. The molecule has 2 heterocycles. The molecule has 2 rings (SSSR count). The molecule has 0 aliphatic carbocycles. The first-order chi connectivity index (χ1) is 9.86. The van der Waals surface area contributed by atoms with Gasteiger partial charge in [0, 0.05) is 33.1 Å². The molecule has 1 N–H and O–H groups in total. The minimum atomic E-state index is -3.03. The van der Waals surface area contributed by atoms with Crippen molar-refractivity contribution in [3.8, 4) is 0 Å². The van der Waals surface area contributed by atoms with E-state index in [1.54, 1.807) is 27.2 Å². The molecule has 0 radical (unpaired) electrons. The molecule has 1 aliphatic heterocycles. The summed E-state index contributed by atoms with van der Waals surface area (Å²) in [5.41, 5.74) is 0. The minimum Gasteiger partial charge on any atom is -0.469 e. The Kier molecular flexibility index (Phi) is 6.72. The van der Waals surface area contributed by atoms with Crippen molar-refractivity contribution in [1.29, 1.82) is 0 Å². The number of aliphatic imine (C=N–C) groups is 1. The number of sulfone groups is 1. The van der Waals surface area contributed by atoms with Crippen LogP contribution in [0.1, 0.15) is 19.6 Å². The molecular formula is C14H24IN3O3S. The summed E-state index contributed by atoms with van der Waals surface area (Å²) < 4.78 is 28.6. The summed E-state index contributed by atoms with van der Waals surface area (Å²) in [5, 5.41) is 3.26. The third-order valence-electron chi connectivity index (χ3n) is 3.79. The van der Waals surface area contributed by atoms with E-state index in [0.717, 1.165) is 18.1 Å². The number of nitrogens with one attached hydrogen (secondary N) is 1. The number of halogens is 1. The van der Waals surface area contributed by atoms with Crippen LogP contribution in [-0.4, -0.2) is 56.5 Å². The Labute approximate surface area is 149 Å². The summed E-state index contributed by atoms with van der Waals surface area (Å²) >= 11 is 0. The maximum atomic E-state index is 12.0. The van der Waals surface area contributed by atoms with Crippen LogP contribution < -0.4 is 5.32 Å². The fraction of sp³-hybridized carbons (Fsp3) is 0.643. The van der Waals surface area contributed by atoms with Crippen LogP contribution in [0.4, 0.5) is 0 Å². The molecule has 1 aromatic heterocycles. The highest BCUT2D eigenvalue weighted by Gasteiger charge is 2.40. The van der Waals surface area contributed by atoms with Crippen LogP contribution in [0, 0.1) is 0 Å². The molecule has 8 heteroatoms. The third-order valence-corrected chi connectivity index (χ3v) is 6.32. The second-order valence-electron chi connectivity index (χ2n) is 5.80. The van der Waals surface area contributed by atoms with Crippen LogP contribution in [-0.2, 0) is 16.3 Å². The van der Waals surface area contributed by atoms with Gasteiger partial charge in [0.05, 0.1) is 16.8 Å². The van der Waals surface area contributed by atoms with Gasteiger partial charge in [-0.15, -0.1) is 24.0 Å². The van der Waals surface area contributed by atoms with Crippen molar-refractivity contribution in [2.75, 3.05) is 32.4 Å². The maximum Gasteiger partial charge on any atom is 0.193 e. The average molecular weight is 441 g/mol. The number of guanidine groups is 1. The summed E-state index contributed by atoms with van der Waals surface area (Å²) in [4.78, 5) is 6.25. The van der Waals surface area contributed by atoms with Crippen molar-refractivity contribution in [3.05, 3.63) is 24.2 Å². The monoisotopic (exact) mass is 441 g/mol. The lowest BCUT2D eigenvalue weighted by atomic mass is 10.2. The Morgan fingerprint density at radius 1 is 1.50 bits per heavy atom. The first kappa shape index (κ1) is 19.3. The Balaban J connectivity index is 0.00000242. The third kappa shape index (κ3) is 4.37. The Hall–Kier alpha value is -0.770. The largest absolute Gasteiger partial charge is 0.469 e. The lowest BCUT2D eigenvalue weighted by molar-refractivity contribution is 0.353. The lowest BCUT2D eigenvalue weighted by Gasteiger charge is -2.39. The predicted octanol–water partition coefficient (Wildman–Crippen LogP) is 1.52. The van der Waals surface area contributed by atoms with E-state index in [-0.39, 0.29) is 29.7 Å². The summed E-state index contributed by atoms with van der Waals surface area (Å²) in [5.74, 6) is 1.82. The highest BCUT2D eigenvalue weighted by atomic mass is 127. The molecule has 0 aromatic carbocycles. The molecule has 0 atom stereocenters. The van der Waals surface area contributed by atoms with E-state index in [1.807, 2.05) is 17.0 Å². The zero-order chi connectivity index (χ0) is 15.5. The summed E-state index contributed by atoms with van der Waals surface area (Å²) in [7, 11) is -1.32. The number of rotatable bonds is 3. The van der Waals surface area contributed by atoms with E-state index in [1.165, 1.54) is 0 Å². The van der Waals surface area contributed by atoms with Gasteiger partial charge < -0.3 is 14.6 Å². The molecule has 0 spiro atoms. The van der Waals surface area contributed by atoms with Crippen molar-refractivity contribution in [2.24, 2.45) is 4.99 Å². The molecule has 0 amide bonds. The predicted molar refractivity (Wildman–Crippen MR) is 98.6 cm³/mol. The van der Waals surface area contributed by atoms with Gasteiger partial charge >= 0.3 is 0 Å². The number of furan rings is 1. The molecular weight excluding hydrogens is 417 g/mol. The van der Waals surface area contributed by atoms with Gasteiger partial charge in [0.25, 0.3) is 0 Å². The van der Waals surface area contributed by atoms with Gasteiger partial charge in [-0.05, 0) is 26.0 Å². The summed E-state index contributed by atoms with van der Waals surface area (Å²) in [6, 6.07) is 3.79. The van der Waals surface area contributed by atoms with Gasteiger partial charge in [0.2, 0.25) is 0 Å². The summed E-state index contributed by atoms with van der Waals surface area (Å²) in [6.45, 7) is 5.17. The molecule has 1 saturated heterocycles. The van der Waals surface area contributed by atoms with Crippen molar-refractivity contribution in [3.63, 3.8) is 0 Å². The zero-order valence-electron chi connectivity index (χ0n) is 13.2. The van der Waals surface area contributed by atoms with Crippen LogP contribution in [0.25, 0.3) is 0 Å². The molecule has 0 bridgehead atoms. The first-order valence-corrected chi connectivity index (χ1v) is 8.71. The quantitative estimate of drug-likeness (QED) is 0.438. The van der Waals surface area contributed by atoms with Gasteiger partial charge in [0.1, 0.15) is 5.76 Å². The topological polar surface area (TPSA) is 74.9 Å². The van der Waals surface area contributed by atoms with E-state index >= 15 is 0 Å². The van der Waals surface area contributed by atoms with E-state index < -0.39 is 14.6 Å². The average Bonchev–Trinajstić information content (AvgIpc) is 2.91. The van der Waals surface area contributed by atoms with Crippen LogP contribution in [0.3, 0.4) is 0 Å². The van der Waals surface area contributed by atoms with Crippen LogP contribution in [0.2, 0.25) is 0 Å². The zero-order valence-corrected chi connectivity index (χ0v) is 16.4. The summed E-state index contributed by atoms with van der Waals surface area (Å²) in [6.07, 6.45) is 2.42. The van der Waals surface area contributed by atoms with E-state index in [4.69, 9.17) is 4.42 Å². The number of nitrogens with zero attached hydrogens (tertiary/aromatic N) is 2. The molecule has 126 valence electrons. The van der Waals surface area contributed by atoms with Crippen molar-refractivity contribution < 1.29 is 12.8 Å². The van der Waals surface area contributed by atoms with Crippen molar-refractivity contribution in [1.82, 2.24) is 10.2 Å². The van der Waals surface area contributed by atoms with E-state index in [0.29, 0.717) is 19.6 Å². The molecule has 0 unspecified atom stereocenters. The van der Waals surface area contributed by atoms with Crippen molar-refractivity contribution >= 4 is 39.8 Å². The number of hydrogen-bond donors (Lipinski definition) is 1. The minimum absolute atomic E-state index is 0. The van der Waals surface area contributed by atoms with Gasteiger partial charge in [-0.25, -0.2) is 8.42 Å². The van der Waals surface area contributed by atoms with Gasteiger partial charge in [0.15, 0.2) is 15.8 Å². The smallest absolute Gasteiger partial charge is 0.193 e. The standard InChI is InChI=1S/C14H23N3O3S.HI/c1-14(2)11-17(8-10-21(14,18)19)13(15-3)16-7-6-12-5-4-9-20-12;/h4-5,9H,6-8,10-11H2,1-3H3,(H,15,16);1H.